The summed E-state index contributed by atoms with van der Waals surface area (Å²) in [6, 6.07) is 6.56. The summed E-state index contributed by atoms with van der Waals surface area (Å²) in [4.78, 5) is 7.63. The van der Waals surface area contributed by atoms with Crippen LogP contribution in [0.4, 0.5) is 4.39 Å². The molecule has 0 aliphatic carbocycles. The summed E-state index contributed by atoms with van der Waals surface area (Å²) in [5.41, 5.74) is 5.90. The summed E-state index contributed by atoms with van der Waals surface area (Å²) in [6.45, 7) is 4.29. The van der Waals surface area contributed by atoms with Gasteiger partial charge in [-0.3, -0.25) is 4.68 Å². The van der Waals surface area contributed by atoms with Crippen molar-refractivity contribution in [3.8, 4) is 22.4 Å². The zero-order chi connectivity index (χ0) is 18.5. The highest BCUT2D eigenvalue weighted by molar-refractivity contribution is 6.30. The van der Waals surface area contributed by atoms with Gasteiger partial charge in [-0.2, -0.15) is 5.10 Å². The molecule has 1 aliphatic rings. The predicted molar refractivity (Wildman–Crippen MR) is 104 cm³/mol. The van der Waals surface area contributed by atoms with Crippen LogP contribution in [0.2, 0.25) is 5.02 Å². The Bertz CT molecular complexity index is 1180. The molecule has 0 unspecified atom stereocenters. The standard InChI is InChI=1S/C20H17ClFN5/c1-11-9-25-20-17(11)13(4-5-24-20)18-16-10-23-6-7-27(16)26-19(18)14-8-12(21)2-3-15(14)22/h2-5,8-9,23H,6-7,10H2,1H3,(H,24,25). The Kier molecular flexibility index (Phi) is 3.77. The third-order valence-electron chi connectivity index (χ3n) is 5.07. The van der Waals surface area contributed by atoms with Crippen LogP contribution in [0.3, 0.4) is 0 Å². The molecule has 4 heterocycles. The number of aromatic nitrogens is 4. The third kappa shape index (κ3) is 2.56. The van der Waals surface area contributed by atoms with Crippen molar-refractivity contribution in [1.82, 2.24) is 25.1 Å². The van der Waals surface area contributed by atoms with E-state index in [0.29, 0.717) is 22.8 Å². The van der Waals surface area contributed by atoms with E-state index in [4.69, 9.17) is 16.7 Å². The number of nitrogens with zero attached hydrogens (tertiary/aromatic N) is 3. The first-order chi connectivity index (χ1) is 13.1. The fourth-order valence-electron chi connectivity index (χ4n) is 3.83. The van der Waals surface area contributed by atoms with Gasteiger partial charge in [0.15, 0.2) is 0 Å². The molecule has 0 bridgehead atoms. The Morgan fingerprint density at radius 1 is 1.22 bits per heavy atom. The highest BCUT2D eigenvalue weighted by Gasteiger charge is 2.26. The first kappa shape index (κ1) is 16.5. The van der Waals surface area contributed by atoms with Crippen LogP contribution in [0.1, 0.15) is 11.3 Å². The molecule has 0 saturated carbocycles. The summed E-state index contributed by atoms with van der Waals surface area (Å²) >= 11 is 6.17. The summed E-state index contributed by atoms with van der Waals surface area (Å²) in [5, 5.41) is 9.68. The van der Waals surface area contributed by atoms with Gasteiger partial charge in [-0.1, -0.05) is 11.6 Å². The summed E-state index contributed by atoms with van der Waals surface area (Å²) < 4.78 is 16.7. The lowest BCUT2D eigenvalue weighted by atomic mass is 9.95. The van der Waals surface area contributed by atoms with Crippen molar-refractivity contribution >= 4 is 22.6 Å². The zero-order valence-corrected chi connectivity index (χ0v) is 15.4. The van der Waals surface area contributed by atoms with Crippen molar-refractivity contribution in [2.45, 2.75) is 20.0 Å². The maximum absolute atomic E-state index is 14.7. The van der Waals surface area contributed by atoms with E-state index in [2.05, 4.69) is 15.3 Å². The first-order valence-electron chi connectivity index (χ1n) is 8.82. The summed E-state index contributed by atoms with van der Waals surface area (Å²) in [5.74, 6) is -0.333. The molecule has 4 aromatic rings. The summed E-state index contributed by atoms with van der Waals surface area (Å²) in [7, 11) is 0. The Hall–Kier alpha value is -2.70. The molecular weight excluding hydrogens is 365 g/mol. The number of fused-ring (bicyclic) bond motifs is 2. The lowest BCUT2D eigenvalue weighted by molar-refractivity contribution is 0.477. The second-order valence-corrected chi connectivity index (χ2v) is 7.18. The van der Waals surface area contributed by atoms with Gasteiger partial charge in [-0.05, 0) is 42.3 Å². The van der Waals surface area contributed by atoms with Gasteiger partial charge in [0.25, 0.3) is 0 Å². The number of nitrogens with one attached hydrogen (secondary N) is 2. The predicted octanol–water partition coefficient (Wildman–Crippen LogP) is 4.30. The van der Waals surface area contributed by atoms with Gasteiger partial charge < -0.3 is 10.3 Å². The van der Waals surface area contributed by atoms with E-state index < -0.39 is 0 Å². The van der Waals surface area contributed by atoms with Crippen LogP contribution in [-0.4, -0.2) is 26.3 Å². The van der Waals surface area contributed by atoms with Crippen molar-refractivity contribution < 1.29 is 4.39 Å². The lowest BCUT2D eigenvalue weighted by Gasteiger charge is -2.16. The number of aromatic amines is 1. The molecule has 1 aliphatic heterocycles. The number of hydrogen-bond acceptors (Lipinski definition) is 3. The van der Waals surface area contributed by atoms with Crippen molar-refractivity contribution in [1.29, 1.82) is 0 Å². The molecule has 0 radical (unpaired) electrons. The van der Waals surface area contributed by atoms with Gasteiger partial charge in [0.05, 0.1) is 12.2 Å². The second kappa shape index (κ2) is 6.18. The molecule has 0 amide bonds. The first-order valence-corrected chi connectivity index (χ1v) is 9.20. The van der Waals surface area contributed by atoms with Crippen LogP contribution in [0.25, 0.3) is 33.4 Å². The quantitative estimate of drug-likeness (QED) is 0.544. The van der Waals surface area contributed by atoms with Gasteiger partial charge in [0, 0.05) is 47.0 Å². The molecule has 5 rings (SSSR count). The molecule has 0 atom stereocenters. The molecule has 0 saturated heterocycles. The van der Waals surface area contributed by atoms with Crippen LogP contribution in [0.15, 0.2) is 36.7 Å². The molecule has 0 spiro atoms. The Morgan fingerprint density at radius 3 is 3.00 bits per heavy atom. The Labute approximate surface area is 160 Å². The number of hydrogen-bond donors (Lipinski definition) is 2. The van der Waals surface area contributed by atoms with E-state index in [-0.39, 0.29) is 5.82 Å². The van der Waals surface area contributed by atoms with Crippen molar-refractivity contribution in [2.24, 2.45) is 0 Å². The second-order valence-electron chi connectivity index (χ2n) is 6.75. The fraction of sp³-hybridized carbons (Fsp3) is 0.200. The average molecular weight is 382 g/mol. The van der Waals surface area contributed by atoms with Gasteiger partial charge in [0.2, 0.25) is 0 Å². The molecule has 3 aromatic heterocycles. The van der Waals surface area contributed by atoms with E-state index in [9.17, 15) is 4.39 Å². The topological polar surface area (TPSA) is 58.5 Å². The van der Waals surface area contributed by atoms with Crippen LogP contribution in [0, 0.1) is 12.7 Å². The highest BCUT2D eigenvalue weighted by Crippen LogP contribution is 2.40. The number of benzene rings is 1. The average Bonchev–Trinajstić information content (AvgIpc) is 3.25. The molecule has 136 valence electrons. The molecule has 1 aromatic carbocycles. The minimum Gasteiger partial charge on any atom is -0.346 e. The summed E-state index contributed by atoms with van der Waals surface area (Å²) in [6.07, 6.45) is 3.71. The van der Waals surface area contributed by atoms with E-state index in [0.717, 1.165) is 46.5 Å². The van der Waals surface area contributed by atoms with Crippen LogP contribution in [-0.2, 0) is 13.1 Å². The van der Waals surface area contributed by atoms with Crippen molar-refractivity contribution in [3.63, 3.8) is 0 Å². The van der Waals surface area contributed by atoms with E-state index in [1.165, 1.54) is 6.07 Å². The molecule has 2 N–H and O–H groups in total. The maximum atomic E-state index is 14.7. The Morgan fingerprint density at radius 2 is 2.11 bits per heavy atom. The van der Waals surface area contributed by atoms with Gasteiger partial charge >= 0.3 is 0 Å². The number of pyridine rings is 1. The zero-order valence-electron chi connectivity index (χ0n) is 14.7. The fourth-order valence-corrected chi connectivity index (χ4v) is 4.00. The third-order valence-corrected chi connectivity index (χ3v) is 5.31. The van der Waals surface area contributed by atoms with Crippen molar-refractivity contribution in [3.05, 3.63) is 58.8 Å². The SMILES string of the molecule is Cc1c[nH]c2nccc(-c3c(-c4cc(Cl)ccc4F)nn4c3CNCC4)c12. The van der Waals surface area contributed by atoms with Crippen LogP contribution < -0.4 is 5.32 Å². The minimum absolute atomic E-state index is 0.333. The minimum atomic E-state index is -0.333. The molecule has 27 heavy (non-hydrogen) atoms. The monoisotopic (exact) mass is 381 g/mol. The van der Waals surface area contributed by atoms with E-state index in [1.54, 1.807) is 18.3 Å². The number of aryl methyl sites for hydroxylation is 1. The highest BCUT2D eigenvalue weighted by atomic mass is 35.5. The number of halogens is 2. The number of rotatable bonds is 2. The molecular formula is C20H17ClFN5. The van der Waals surface area contributed by atoms with Gasteiger partial charge in [-0.15, -0.1) is 0 Å². The smallest absolute Gasteiger partial charge is 0.138 e. The van der Waals surface area contributed by atoms with Crippen LogP contribution in [0.5, 0.6) is 0 Å². The molecule has 5 nitrogen and oxygen atoms in total. The van der Waals surface area contributed by atoms with Gasteiger partial charge in [-0.25, -0.2) is 9.37 Å². The van der Waals surface area contributed by atoms with Gasteiger partial charge in [0.1, 0.15) is 17.2 Å². The van der Waals surface area contributed by atoms with Crippen LogP contribution >= 0.6 is 11.6 Å². The normalized spacial score (nSPS) is 13.9. The molecule has 7 heteroatoms. The largest absolute Gasteiger partial charge is 0.346 e. The van der Waals surface area contributed by atoms with E-state index >= 15 is 0 Å². The Balaban J connectivity index is 1.87. The maximum Gasteiger partial charge on any atom is 0.138 e. The van der Waals surface area contributed by atoms with Crippen molar-refractivity contribution in [2.75, 3.05) is 6.54 Å². The number of H-pyrrole nitrogens is 1. The lowest BCUT2D eigenvalue weighted by Crippen LogP contribution is -2.28. The molecule has 0 fully saturated rings. The van der Waals surface area contributed by atoms with E-state index in [1.807, 2.05) is 23.9 Å².